The number of hydrogen-bond acceptors (Lipinski definition) is 6. The van der Waals surface area contributed by atoms with Crippen LogP contribution >= 0.6 is 22.9 Å². The molecular formula is C21H13ClN2O4S. The minimum Gasteiger partial charge on any atom is -0.497 e. The summed E-state index contributed by atoms with van der Waals surface area (Å²) < 4.78 is 11.1. The number of fused-ring (bicyclic) bond motifs is 2. The zero-order chi connectivity index (χ0) is 20.1. The Morgan fingerprint density at radius 2 is 1.97 bits per heavy atom. The number of halogens is 1. The fourth-order valence-corrected chi connectivity index (χ4v) is 4.42. The molecule has 0 N–H and O–H groups in total. The van der Waals surface area contributed by atoms with Crippen LogP contribution in [-0.4, -0.2) is 18.0 Å². The summed E-state index contributed by atoms with van der Waals surface area (Å²) >= 11 is 7.40. The van der Waals surface area contributed by atoms with Gasteiger partial charge in [0.1, 0.15) is 11.3 Å². The van der Waals surface area contributed by atoms with E-state index in [1.165, 1.54) is 16.2 Å². The lowest BCUT2D eigenvalue weighted by Gasteiger charge is -2.22. The molecule has 1 amide bonds. The number of carbonyl (C=O) groups is 1. The summed E-state index contributed by atoms with van der Waals surface area (Å²) in [6.07, 6.45) is 1.62. The van der Waals surface area contributed by atoms with Crippen LogP contribution in [0.5, 0.6) is 5.75 Å². The van der Waals surface area contributed by atoms with E-state index in [0.717, 1.165) is 5.56 Å². The Morgan fingerprint density at radius 3 is 2.66 bits per heavy atom. The summed E-state index contributed by atoms with van der Waals surface area (Å²) in [5, 5.41) is 3.03. The molecule has 6 nitrogen and oxygen atoms in total. The smallest absolute Gasteiger partial charge is 0.297 e. The standard InChI is InChI=1S/C21H13ClN2O4S/c1-27-13-5-2-11(3-6-13)17-16-18(25)14-10-12(22)4-7-15(14)28-19(16)20(26)24(17)21-23-8-9-29-21/h2-10,17H,1H3/t17-/m0/s1. The van der Waals surface area contributed by atoms with E-state index in [0.29, 0.717) is 26.9 Å². The maximum absolute atomic E-state index is 13.4. The van der Waals surface area contributed by atoms with Crippen molar-refractivity contribution in [1.29, 1.82) is 0 Å². The second-order valence-corrected chi connectivity index (χ2v) is 7.79. The number of ether oxygens (including phenoxy) is 1. The molecule has 1 atom stereocenters. The summed E-state index contributed by atoms with van der Waals surface area (Å²) in [5.74, 6) is 0.307. The second-order valence-electron chi connectivity index (χ2n) is 6.48. The molecule has 5 rings (SSSR count). The van der Waals surface area contributed by atoms with Gasteiger partial charge in [-0.2, -0.15) is 0 Å². The Hall–Kier alpha value is -3.16. The molecule has 0 spiro atoms. The normalized spacial score (nSPS) is 15.7. The number of methoxy groups -OCH3 is 1. The van der Waals surface area contributed by atoms with Gasteiger partial charge in [-0.05, 0) is 35.9 Å². The maximum Gasteiger partial charge on any atom is 0.297 e. The first-order chi connectivity index (χ1) is 14.1. The summed E-state index contributed by atoms with van der Waals surface area (Å²) in [4.78, 5) is 32.5. The zero-order valence-electron chi connectivity index (χ0n) is 15.1. The number of carbonyl (C=O) groups excluding carboxylic acids is 1. The van der Waals surface area contributed by atoms with Crippen molar-refractivity contribution in [2.75, 3.05) is 12.0 Å². The van der Waals surface area contributed by atoms with Gasteiger partial charge in [0.2, 0.25) is 5.76 Å². The van der Waals surface area contributed by atoms with Crippen molar-refractivity contribution < 1.29 is 13.9 Å². The molecule has 0 radical (unpaired) electrons. The number of thiazole rings is 1. The van der Waals surface area contributed by atoms with Gasteiger partial charge in [0.15, 0.2) is 10.6 Å². The highest BCUT2D eigenvalue weighted by molar-refractivity contribution is 7.13. The molecule has 2 aromatic carbocycles. The van der Waals surface area contributed by atoms with Gasteiger partial charge in [-0.1, -0.05) is 23.7 Å². The molecule has 1 aliphatic heterocycles. The fourth-order valence-electron chi connectivity index (χ4n) is 3.58. The summed E-state index contributed by atoms with van der Waals surface area (Å²) in [5.41, 5.74) is 1.07. The van der Waals surface area contributed by atoms with Gasteiger partial charge in [-0.3, -0.25) is 14.5 Å². The van der Waals surface area contributed by atoms with Gasteiger partial charge in [0.25, 0.3) is 5.91 Å². The lowest BCUT2D eigenvalue weighted by Crippen LogP contribution is -2.29. The number of amides is 1. The van der Waals surface area contributed by atoms with Crippen LogP contribution in [0, 0.1) is 0 Å². The third-order valence-corrected chi connectivity index (χ3v) is 5.89. The van der Waals surface area contributed by atoms with Crippen molar-refractivity contribution in [2.24, 2.45) is 0 Å². The van der Waals surface area contributed by atoms with E-state index < -0.39 is 11.9 Å². The number of hydrogen-bond donors (Lipinski definition) is 0. The predicted molar refractivity (Wildman–Crippen MR) is 111 cm³/mol. The minimum absolute atomic E-state index is 0.0286. The van der Waals surface area contributed by atoms with E-state index in [9.17, 15) is 9.59 Å². The van der Waals surface area contributed by atoms with Gasteiger partial charge in [0.05, 0.1) is 24.1 Å². The molecule has 0 unspecified atom stereocenters. The van der Waals surface area contributed by atoms with Crippen LogP contribution in [0.4, 0.5) is 5.13 Å². The molecule has 0 aliphatic carbocycles. The largest absolute Gasteiger partial charge is 0.497 e. The molecule has 29 heavy (non-hydrogen) atoms. The molecule has 0 saturated heterocycles. The topological polar surface area (TPSA) is 72.6 Å². The third kappa shape index (κ3) is 2.73. The highest BCUT2D eigenvalue weighted by Crippen LogP contribution is 2.42. The van der Waals surface area contributed by atoms with Crippen LogP contribution in [0.1, 0.15) is 27.7 Å². The van der Waals surface area contributed by atoms with E-state index in [-0.39, 0.29) is 16.8 Å². The predicted octanol–water partition coefficient (Wildman–Crippen LogP) is 4.66. The Labute approximate surface area is 173 Å². The van der Waals surface area contributed by atoms with Crippen LogP contribution in [0.2, 0.25) is 5.02 Å². The SMILES string of the molecule is COc1ccc([C@H]2c3c(oc4ccc(Cl)cc4c3=O)C(=O)N2c2nccs2)cc1. The molecule has 1 aliphatic rings. The summed E-state index contributed by atoms with van der Waals surface area (Å²) in [6.45, 7) is 0. The van der Waals surface area contributed by atoms with Gasteiger partial charge in [-0.15, -0.1) is 11.3 Å². The Bertz CT molecular complexity index is 1300. The molecular weight excluding hydrogens is 412 g/mol. The Kier molecular flexibility index (Phi) is 4.15. The van der Waals surface area contributed by atoms with E-state index in [1.54, 1.807) is 49.0 Å². The summed E-state index contributed by atoms with van der Waals surface area (Å²) in [7, 11) is 1.58. The van der Waals surface area contributed by atoms with Crippen molar-refractivity contribution >= 4 is 44.9 Å². The van der Waals surface area contributed by atoms with Crippen molar-refractivity contribution in [3.05, 3.63) is 86.2 Å². The molecule has 0 saturated carbocycles. The Morgan fingerprint density at radius 1 is 1.17 bits per heavy atom. The molecule has 2 aromatic heterocycles. The van der Waals surface area contributed by atoms with E-state index in [1.807, 2.05) is 12.1 Å². The molecule has 144 valence electrons. The third-order valence-electron chi connectivity index (χ3n) is 4.89. The highest BCUT2D eigenvalue weighted by atomic mass is 35.5. The maximum atomic E-state index is 13.4. The van der Waals surface area contributed by atoms with Gasteiger partial charge >= 0.3 is 0 Å². The van der Waals surface area contributed by atoms with Crippen LogP contribution < -0.4 is 15.1 Å². The van der Waals surface area contributed by atoms with Crippen molar-refractivity contribution in [3.8, 4) is 5.75 Å². The van der Waals surface area contributed by atoms with Crippen LogP contribution in [0.3, 0.4) is 0 Å². The van der Waals surface area contributed by atoms with E-state index in [4.69, 9.17) is 20.8 Å². The lowest BCUT2D eigenvalue weighted by molar-refractivity contribution is 0.0971. The average molecular weight is 425 g/mol. The molecule has 0 bridgehead atoms. The van der Waals surface area contributed by atoms with E-state index >= 15 is 0 Å². The number of benzene rings is 2. The Balaban J connectivity index is 1.80. The highest BCUT2D eigenvalue weighted by Gasteiger charge is 2.44. The minimum atomic E-state index is -0.658. The first kappa shape index (κ1) is 17.9. The van der Waals surface area contributed by atoms with Gasteiger partial charge < -0.3 is 9.15 Å². The first-order valence-electron chi connectivity index (χ1n) is 8.71. The molecule has 4 aromatic rings. The lowest BCUT2D eigenvalue weighted by atomic mass is 9.98. The molecule has 0 fully saturated rings. The fraction of sp³-hybridized carbons (Fsp3) is 0.0952. The van der Waals surface area contributed by atoms with Gasteiger partial charge in [-0.25, -0.2) is 4.98 Å². The van der Waals surface area contributed by atoms with Crippen LogP contribution in [0.15, 0.2) is 63.3 Å². The second kappa shape index (κ2) is 6.72. The number of anilines is 1. The van der Waals surface area contributed by atoms with Crippen molar-refractivity contribution in [3.63, 3.8) is 0 Å². The first-order valence-corrected chi connectivity index (χ1v) is 9.97. The van der Waals surface area contributed by atoms with Crippen molar-refractivity contribution in [1.82, 2.24) is 4.98 Å². The number of nitrogens with zero attached hydrogens (tertiary/aromatic N) is 2. The van der Waals surface area contributed by atoms with Crippen LogP contribution in [-0.2, 0) is 0 Å². The number of aromatic nitrogens is 1. The summed E-state index contributed by atoms with van der Waals surface area (Å²) in [6, 6.07) is 11.4. The van der Waals surface area contributed by atoms with Crippen LogP contribution in [0.25, 0.3) is 11.0 Å². The van der Waals surface area contributed by atoms with Crippen molar-refractivity contribution in [2.45, 2.75) is 6.04 Å². The number of rotatable bonds is 3. The van der Waals surface area contributed by atoms with Gasteiger partial charge in [0, 0.05) is 16.6 Å². The van der Waals surface area contributed by atoms with E-state index in [2.05, 4.69) is 4.98 Å². The quantitative estimate of drug-likeness (QED) is 0.478. The molecule has 3 heterocycles. The monoisotopic (exact) mass is 424 g/mol. The average Bonchev–Trinajstić information content (AvgIpc) is 3.35. The zero-order valence-corrected chi connectivity index (χ0v) is 16.7. The molecule has 8 heteroatoms.